The number of nitrogens with one attached hydrogen (secondary N) is 1. The topological polar surface area (TPSA) is 12.0 Å². The van der Waals surface area contributed by atoms with Gasteiger partial charge in [-0.1, -0.05) is 26.0 Å². The molecule has 0 spiro atoms. The third-order valence-corrected chi connectivity index (χ3v) is 3.48. The Hall–Kier alpha value is -0.630. The van der Waals surface area contributed by atoms with E-state index in [1.165, 1.54) is 23.4 Å². The SMILES string of the molecule is CSc1ccccc1NC(C)CCC(C)C. The third kappa shape index (κ3) is 4.48. The van der Waals surface area contributed by atoms with Gasteiger partial charge in [-0.25, -0.2) is 0 Å². The van der Waals surface area contributed by atoms with Gasteiger partial charge in [-0.2, -0.15) is 0 Å². The van der Waals surface area contributed by atoms with E-state index in [0.717, 1.165) is 5.92 Å². The Bertz CT molecular complexity index is 309. The highest BCUT2D eigenvalue weighted by molar-refractivity contribution is 7.98. The van der Waals surface area contributed by atoms with Crippen LogP contribution in [0.1, 0.15) is 33.6 Å². The Kier molecular flexibility index (Phi) is 5.75. The molecule has 0 bridgehead atoms. The summed E-state index contributed by atoms with van der Waals surface area (Å²) in [6.45, 7) is 6.82. The van der Waals surface area contributed by atoms with E-state index >= 15 is 0 Å². The van der Waals surface area contributed by atoms with Crippen LogP contribution >= 0.6 is 11.8 Å². The third-order valence-electron chi connectivity index (χ3n) is 2.69. The van der Waals surface area contributed by atoms with Crippen LogP contribution < -0.4 is 5.32 Å². The lowest BCUT2D eigenvalue weighted by Crippen LogP contribution is -2.16. The van der Waals surface area contributed by atoms with Crippen molar-refractivity contribution >= 4 is 17.4 Å². The van der Waals surface area contributed by atoms with Crippen LogP contribution in [0.2, 0.25) is 0 Å². The van der Waals surface area contributed by atoms with E-state index in [4.69, 9.17) is 0 Å². The molecule has 1 aromatic carbocycles. The first-order chi connectivity index (χ1) is 7.63. The molecule has 0 amide bonds. The van der Waals surface area contributed by atoms with E-state index in [9.17, 15) is 0 Å². The van der Waals surface area contributed by atoms with Crippen LogP contribution in [0.4, 0.5) is 5.69 Å². The molecule has 1 nitrogen and oxygen atoms in total. The maximum absolute atomic E-state index is 3.60. The predicted octanol–water partition coefficient (Wildman–Crippen LogP) is 4.65. The van der Waals surface area contributed by atoms with Crippen molar-refractivity contribution in [3.05, 3.63) is 24.3 Å². The van der Waals surface area contributed by atoms with Crippen LogP contribution in [0.5, 0.6) is 0 Å². The summed E-state index contributed by atoms with van der Waals surface area (Å²) in [6, 6.07) is 9.07. The van der Waals surface area contributed by atoms with Gasteiger partial charge >= 0.3 is 0 Å². The van der Waals surface area contributed by atoms with Crippen LogP contribution in [0, 0.1) is 5.92 Å². The second kappa shape index (κ2) is 6.85. The van der Waals surface area contributed by atoms with Crippen molar-refractivity contribution in [1.82, 2.24) is 0 Å². The first-order valence-corrected chi connectivity index (χ1v) is 7.25. The first kappa shape index (κ1) is 13.4. The summed E-state index contributed by atoms with van der Waals surface area (Å²) in [7, 11) is 0. The summed E-state index contributed by atoms with van der Waals surface area (Å²) >= 11 is 1.80. The minimum atomic E-state index is 0.552. The van der Waals surface area contributed by atoms with Crippen molar-refractivity contribution in [3.8, 4) is 0 Å². The first-order valence-electron chi connectivity index (χ1n) is 6.03. The monoisotopic (exact) mass is 237 g/mol. The minimum absolute atomic E-state index is 0.552. The quantitative estimate of drug-likeness (QED) is 0.723. The van der Waals surface area contributed by atoms with Crippen molar-refractivity contribution in [2.24, 2.45) is 5.92 Å². The van der Waals surface area contributed by atoms with E-state index < -0.39 is 0 Å². The Labute approximate surface area is 104 Å². The molecule has 0 fully saturated rings. The lowest BCUT2D eigenvalue weighted by Gasteiger charge is -2.18. The second-order valence-electron chi connectivity index (χ2n) is 4.72. The molecule has 0 aliphatic rings. The van der Waals surface area contributed by atoms with Crippen LogP contribution in [0.25, 0.3) is 0 Å². The summed E-state index contributed by atoms with van der Waals surface area (Å²) < 4.78 is 0. The van der Waals surface area contributed by atoms with Crippen molar-refractivity contribution < 1.29 is 0 Å². The normalized spacial score (nSPS) is 12.8. The summed E-state index contributed by atoms with van der Waals surface area (Å²) in [6.07, 6.45) is 4.65. The van der Waals surface area contributed by atoms with Gasteiger partial charge in [-0.3, -0.25) is 0 Å². The van der Waals surface area contributed by atoms with Crippen molar-refractivity contribution in [1.29, 1.82) is 0 Å². The molecular weight excluding hydrogens is 214 g/mol. The predicted molar refractivity (Wildman–Crippen MR) is 75.4 cm³/mol. The zero-order valence-corrected chi connectivity index (χ0v) is 11.6. The minimum Gasteiger partial charge on any atom is -0.382 e. The highest BCUT2D eigenvalue weighted by Crippen LogP contribution is 2.25. The highest BCUT2D eigenvalue weighted by Gasteiger charge is 2.06. The average Bonchev–Trinajstić information content (AvgIpc) is 2.27. The molecule has 0 aromatic heterocycles. The van der Waals surface area contributed by atoms with Gasteiger partial charge in [0.25, 0.3) is 0 Å². The fourth-order valence-electron chi connectivity index (χ4n) is 1.68. The van der Waals surface area contributed by atoms with E-state index in [2.05, 4.69) is 56.6 Å². The molecule has 0 aliphatic carbocycles. The molecule has 0 saturated heterocycles. The molecule has 1 rings (SSSR count). The van der Waals surface area contributed by atoms with Gasteiger partial charge in [-0.15, -0.1) is 11.8 Å². The fourth-order valence-corrected chi connectivity index (χ4v) is 2.25. The lowest BCUT2D eigenvalue weighted by molar-refractivity contribution is 0.527. The van der Waals surface area contributed by atoms with Crippen LogP contribution in [0.15, 0.2) is 29.2 Å². The number of hydrogen-bond donors (Lipinski definition) is 1. The summed E-state index contributed by atoms with van der Waals surface area (Å²) in [4.78, 5) is 1.33. The standard InChI is InChI=1S/C14H23NS/c1-11(2)9-10-12(3)15-13-7-5-6-8-14(13)16-4/h5-8,11-12,15H,9-10H2,1-4H3. The molecule has 90 valence electrons. The molecule has 16 heavy (non-hydrogen) atoms. The zero-order valence-electron chi connectivity index (χ0n) is 10.8. The Morgan fingerprint density at radius 3 is 2.44 bits per heavy atom. The fraction of sp³-hybridized carbons (Fsp3) is 0.571. The van der Waals surface area contributed by atoms with Crippen LogP contribution in [0.3, 0.4) is 0 Å². The average molecular weight is 237 g/mol. The lowest BCUT2D eigenvalue weighted by atomic mass is 10.0. The number of benzene rings is 1. The number of para-hydroxylation sites is 1. The Morgan fingerprint density at radius 2 is 1.81 bits per heavy atom. The van der Waals surface area contributed by atoms with E-state index in [0.29, 0.717) is 6.04 Å². The Morgan fingerprint density at radius 1 is 1.12 bits per heavy atom. The molecule has 0 radical (unpaired) electrons. The van der Waals surface area contributed by atoms with Gasteiger partial charge in [0, 0.05) is 16.6 Å². The second-order valence-corrected chi connectivity index (χ2v) is 5.56. The summed E-state index contributed by atoms with van der Waals surface area (Å²) in [5, 5.41) is 3.60. The van der Waals surface area contributed by atoms with Gasteiger partial charge in [-0.05, 0) is 44.1 Å². The number of rotatable bonds is 6. The van der Waals surface area contributed by atoms with E-state index in [1.54, 1.807) is 11.8 Å². The molecular formula is C14H23NS. The van der Waals surface area contributed by atoms with E-state index in [-0.39, 0.29) is 0 Å². The van der Waals surface area contributed by atoms with Crippen molar-refractivity contribution in [2.45, 2.75) is 44.6 Å². The molecule has 1 atom stereocenters. The van der Waals surface area contributed by atoms with Gasteiger partial charge in [0.05, 0.1) is 0 Å². The maximum Gasteiger partial charge on any atom is 0.0480 e. The maximum atomic E-state index is 3.60. The highest BCUT2D eigenvalue weighted by atomic mass is 32.2. The summed E-state index contributed by atoms with van der Waals surface area (Å²) in [5.41, 5.74) is 1.27. The van der Waals surface area contributed by atoms with Gasteiger partial charge in [0.1, 0.15) is 0 Å². The molecule has 1 aromatic rings. The van der Waals surface area contributed by atoms with Crippen LogP contribution in [-0.4, -0.2) is 12.3 Å². The van der Waals surface area contributed by atoms with E-state index in [1.807, 2.05) is 0 Å². The molecule has 1 unspecified atom stereocenters. The van der Waals surface area contributed by atoms with Crippen molar-refractivity contribution in [3.63, 3.8) is 0 Å². The number of thioether (sulfide) groups is 1. The van der Waals surface area contributed by atoms with Crippen molar-refractivity contribution in [2.75, 3.05) is 11.6 Å². The molecule has 2 heteroatoms. The molecule has 0 heterocycles. The van der Waals surface area contributed by atoms with Gasteiger partial charge in [0.15, 0.2) is 0 Å². The van der Waals surface area contributed by atoms with Gasteiger partial charge in [0.2, 0.25) is 0 Å². The Balaban J connectivity index is 2.51. The largest absolute Gasteiger partial charge is 0.382 e. The molecule has 0 saturated carbocycles. The zero-order chi connectivity index (χ0) is 12.0. The van der Waals surface area contributed by atoms with Gasteiger partial charge < -0.3 is 5.32 Å². The smallest absolute Gasteiger partial charge is 0.0480 e. The number of hydrogen-bond acceptors (Lipinski definition) is 2. The number of anilines is 1. The molecule has 1 N–H and O–H groups in total. The molecule has 0 aliphatic heterocycles. The van der Waals surface area contributed by atoms with Crippen LogP contribution in [-0.2, 0) is 0 Å². The summed E-state index contributed by atoms with van der Waals surface area (Å²) in [5.74, 6) is 0.792.